The van der Waals surface area contributed by atoms with Gasteiger partial charge >= 0.3 is 0 Å². The number of halogens is 2. The number of aliphatic hydroxyl groups excluding tert-OH is 1. The predicted octanol–water partition coefficient (Wildman–Crippen LogP) is 2.50. The molecule has 0 bridgehead atoms. The number of ether oxygens (including phenoxy) is 1. The van der Waals surface area contributed by atoms with Crippen molar-refractivity contribution in [1.82, 2.24) is 9.80 Å². The van der Waals surface area contributed by atoms with Crippen molar-refractivity contribution < 1.29 is 18.6 Å². The molecule has 2 aliphatic heterocycles. The van der Waals surface area contributed by atoms with Gasteiger partial charge in [-0.2, -0.15) is 0 Å². The molecule has 0 amide bonds. The summed E-state index contributed by atoms with van der Waals surface area (Å²) in [5, 5.41) is 9.75. The maximum atomic E-state index is 14.2. The SMILES string of the molecule is COc1ccc(F)c(F)c1CN1C[C@@H](CN2CCCCC2)[C@@H](CO)C1. The molecule has 2 aliphatic rings. The molecule has 0 spiro atoms. The fraction of sp³-hybridized carbons (Fsp3) is 0.684. The molecule has 6 heteroatoms. The molecule has 140 valence electrons. The van der Waals surface area contributed by atoms with Crippen molar-refractivity contribution in [1.29, 1.82) is 0 Å². The van der Waals surface area contributed by atoms with E-state index in [1.54, 1.807) is 0 Å². The fourth-order valence-electron chi connectivity index (χ4n) is 4.19. The smallest absolute Gasteiger partial charge is 0.167 e. The van der Waals surface area contributed by atoms with Crippen LogP contribution < -0.4 is 4.74 Å². The average molecular weight is 354 g/mol. The van der Waals surface area contributed by atoms with E-state index in [-0.39, 0.29) is 18.1 Å². The van der Waals surface area contributed by atoms with Crippen LogP contribution >= 0.6 is 0 Å². The van der Waals surface area contributed by atoms with Crippen molar-refractivity contribution in [3.8, 4) is 5.75 Å². The first kappa shape index (κ1) is 18.5. The van der Waals surface area contributed by atoms with Crippen LogP contribution in [-0.2, 0) is 6.54 Å². The molecular weight excluding hydrogens is 326 g/mol. The van der Waals surface area contributed by atoms with Crippen LogP contribution in [-0.4, -0.2) is 61.3 Å². The summed E-state index contributed by atoms with van der Waals surface area (Å²) in [6.45, 7) is 5.17. The van der Waals surface area contributed by atoms with Gasteiger partial charge in [0.25, 0.3) is 0 Å². The van der Waals surface area contributed by atoms with E-state index >= 15 is 0 Å². The molecule has 2 atom stereocenters. The number of likely N-dealkylation sites (tertiary alicyclic amines) is 2. The Morgan fingerprint density at radius 3 is 2.48 bits per heavy atom. The van der Waals surface area contributed by atoms with E-state index in [1.165, 1.54) is 32.4 Å². The number of hydrogen-bond donors (Lipinski definition) is 1. The molecule has 2 saturated heterocycles. The van der Waals surface area contributed by atoms with Gasteiger partial charge in [0.2, 0.25) is 0 Å². The van der Waals surface area contributed by atoms with Crippen molar-refractivity contribution in [3.63, 3.8) is 0 Å². The molecule has 0 saturated carbocycles. The monoisotopic (exact) mass is 354 g/mol. The normalized spacial score (nSPS) is 25.4. The topological polar surface area (TPSA) is 35.9 Å². The summed E-state index contributed by atoms with van der Waals surface area (Å²) in [5.74, 6) is -0.757. The van der Waals surface area contributed by atoms with Crippen molar-refractivity contribution >= 4 is 0 Å². The molecule has 3 rings (SSSR count). The Labute approximate surface area is 148 Å². The third-order valence-corrected chi connectivity index (χ3v) is 5.58. The van der Waals surface area contributed by atoms with Gasteiger partial charge in [0.05, 0.1) is 7.11 Å². The Morgan fingerprint density at radius 1 is 1.08 bits per heavy atom. The highest BCUT2D eigenvalue weighted by molar-refractivity contribution is 5.35. The first-order chi connectivity index (χ1) is 12.1. The van der Waals surface area contributed by atoms with Crippen LogP contribution in [0.4, 0.5) is 8.78 Å². The summed E-state index contributed by atoms with van der Waals surface area (Å²) in [7, 11) is 1.47. The van der Waals surface area contributed by atoms with E-state index in [9.17, 15) is 13.9 Å². The average Bonchev–Trinajstić information content (AvgIpc) is 3.01. The van der Waals surface area contributed by atoms with Gasteiger partial charge in [0.15, 0.2) is 11.6 Å². The van der Waals surface area contributed by atoms with Crippen LogP contribution in [0.25, 0.3) is 0 Å². The third-order valence-electron chi connectivity index (χ3n) is 5.58. The quantitative estimate of drug-likeness (QED) is 0.852. The van der Waals surface area contributed by atoms with E-state index in [0.717, 1.165) is 32.2 Å². The number of methoxy groups -OCH3 is 1. The second kappa shape index (κ2) is 8.43. The standard InChI is InChI=1S/C19H28F2N2O2/c1-25-18-6-5-17(20)19(21)16(18)12-23-10-14(15(11-23)13-24)9-22-7-3-2-4-8-22/h5-6,14-15,24H,2-4,7-13H2,1H3/t14-,15-/m1/s1. The van der Waals surface area contributed by atoms with Crippen molar-refractivity contribution in [2.75, 3.05) is 46.4 Å². The zero-order valence-corrected chi connectivity index (χ0v) is 14.9. The van der Waals surface area contributed by atoms with E-state index in [2.05, 4.69) is 9.80 Å². The lowest BCUT2D eigenvalue weighted by Gasteiger charge is -2.30. The summed E-state index contributed by atoms with van der Waals surface area (Å²) < 4.78 is 33.0. The molecule has 1 N–H and O–H groups in total. The van der Waals surface area contributed by atoms with Crippen LogP contribution in [0.5, 0.6) is 5.75 Å². The highest BCUT2D eigenvalue weighted by atomic mass is 19.2. The highest BCUT2D eigenvalue weighted by Crippen LogP contribution is 2.30. The molecule has 0 aliphatic carbocycles. The van der Waals surface area contributed by atoms with Crippen LogP contribution in [0.1, 0.15) is 24.8 Å². The van der Waals surface area contributed by atoms with E-state index in [4.69, 9.17) is 4.74 Å². The maximum absolute atomic E-state index is 14.2. The molecule has 2 heterocycles. The number of piperidine rings is 1. The van der Waals surface area contributed by atoms with E-state index in [1.807, 2.05) is 0 Å². The number of benzene rings is 1. The summed E-state index contributed by atoms with van der Waals surface area (Å²) in [6.07, 6.45) is 3.78. The zero-order valence-electron chi connectivity index (χ0n) is 14.9. The molecule has 4 nitrogen and oxygen atoms in total. The van der Waals surface area contributed by atoms with Gasteiger partial charge in [-0.05, 0) is 49.9 Å². The molecule has 25 heavy (non-hydrogen) atoms. The fourth-order valence-corrected chi connectivity index (χ4v) is 4.19. The number of aliphatic hydroxyl groups is 1. The molecular formula is C19H28F2N2O2. The summed E-state index contributed by atoms with van der Waals surface area (Å²) >= 11 is 0. The minimum Gasteiger partial charge on any atom is -0.496 e. The minimum atomic E-state index is -0.849. The number of rotatable bonds is 6. The Hall–Kier alpha value is -1.24. The minimum absolute atomic E-state index is 0.137. The van der Waals surface area contributed by atoms with Crippen LogP contribution in [0.15, 0.2) is 12.1 Å². The van der Waals surface area contributed by atoms with Gasteiger partial charge in [-0.3, -0.25) is 4.90 Å². The number of nitrogens with zero attached hydrogens (tertiary/aromatic N) is 2. The molecule has 0 aromatic heterocycles. The molecule has 2 fully saturated rings. The second-order valence-electron chi connectivity index (χ2n) is 7.30. The lowest BCUT2D eigenvalue weighted by Crippen LogP contribution is -2.37. The van der Waals surface area contributed by atoms with E-state index < -0.39 is 11.6 Å². The summed E-state index contributed by atoms with van der Waals surface area (Å²) in [6, 6.07) is 2.57. The second-order valence-corrected chi connectivity index (χ2v) is 7.30. The Kier molecular flexibility index (Phi) is 6.25. The van der Waals surface area contributed by atoms with Crippen molar-refractivity contribution in [3.05, 3.63) is 29.3 Å². The molecule has 0 radical (unpaired) electrons. The van der Waals surface area contributed by atoms with Crippen molar-refractivity contribution in [2.45, 2.75) is 25.8 Å². The summed E-state index contributed by atoms with van der Waals surface area (Å²) in [4.78, 5) is 4.58. The van der Waals surface area contributed by atoms with Gasteiger partial charge in [0.1, 0.15) is 5.75 Å². The first-order valence-corrected chi connectivity index (χ1v) is 9.18. The largest absolute Gasteiger partial charge is 0.496 e. The van der Waals surface area contributed by atoms with Gasteiger partial charge in [0, 0.05) is 38.3 Å². The number of hydrogen-bond acceptors (Lipinski definition) is 4. The van der Waals surface area contributed by atoms with Gasteiger partial charge < -0.3 is 14.7 Å². The molecule has 1 aromatic rings. The van der Waals surface area contributed by atoms with E-state index in [0.29, 0.717) is 24.8 Å². The lowest BCUT2D eigenvalue weighted by atomic mass is 9.95. The van der Waals surface area contributed by atoms with Gasteiger partial charge in [-0.25, -0.2) is 8.78 Å². The predicted molar refractivity (Wildman–Crippen MR) is 92.5 cm³/mol. The Balaban J connectivity index is 1.67. The van der Waals surface area contributed by atoms with Gasteiger partial charge in [-0.15, -0.1) is 0 Å². The van der Waals surface area contributed by atoms with Crippen molar-refractivity contribution in [2.24, 2.45) is 11.8 Å². The first-order valence-electron chi connectivity index (χ1n) is 9.18. The van der Waals surface area contributed by atoms with Crippen LogP contribution in [0, 0.1) is 23.5 Å². The summed E-state index contributed by atoms with van der Waals surface area (Å²) in [5.41, 5.74) is 0.262. The van der Waals surface area contributed by atoms with Crippen LogP contribution in [0.2, 0.25) is 0 Å². The zero-order chi connectivity index (χ0) is 17.8. The highest BCUT2D eigenvalue weighted by Gasteiger charge is 2.34. The third kappa shape index (κ3) is 4.30. The Morgan fingerprint density at radius 2 is 1.80 bits per heavy atom. The van der Waals surface area contributed by atoms with Gasteiger partial charge in [-0.1, -0.05) is 6.42 Å². The Bertz CT molecular complexity index is 579. The molecule has 0 unspecified atom stereocenters. The maximum Gasteiger partial charge on any atom is 0.167 e. The lowest BCUT2D eigenvalue weighted by molar-refractivity contribution is 0.149. The molecule has 1 aromatic carbocycles. The van der Waals surface area contributed by atoms with Crippen LogP contribution in [0.3, 0.4) is 0 Å².